The molecule has 0 heterocycles. The Morgan fingerprint density at radius 2 is 1.76 bits per heavy atom. The number of nitrogens with one attached hydrogen (secondary N) is 1. The molecule has 0 aliphatic carbocycles. The van der Waals surface area contributed by atoms with E-state index in [0.717, 1.165) is 17.4 Å². The molecular weight excluding hydrogens is 234 g/mol. The zero-order chi connectivity index (χ0) is 12.3. The molecule has 0 aliphatic rings. The summed E-state index contributed by atoms with van der Waals surface area (Å²) in [6.45, 7) is 0. The van der Waals surface area contributed by atoms with Gasteiger partial charge in [-0.3, -0.25) is 4.72 Å². The standard InChI is InChI=1S/C13H12NO2S/c1-17(15,16)14-13-10-6-5-9-12(13)11-7-3-2-4-8-11/h2-8,10,14H,1H3. The van der Waals surface area contributed by atoms with Crippen LogP contribution in [0.15, 0.2) is 48.5 Å². The van der Waals surface area contributed by atoms with Crippen molar-refractivity contribution in [2.24, 2.45) is 0 Å². The Kier molecular flexibility index (Phi) is 3.15. The molecule has 0 saturated carbocycles. The first-order valence-corrected chi connectivity index (χ1v) is 6.99. The second kappa shape index (κ2) is 4.59. The summed E-state index contributed by atoms with van der Waals surface area (Å²) in [6, 6.07) is 17.8. The lowest BCUT2D eigenvalue weighted by Crippen LogP contribution is -2.10. The lowest BCUT2D eigenvalue weighted by Gasteiger charge is -2.10. The highest BCUT2D eigenvalue weighted by Crippen LogP contribution is 2.27. The summed E-state index contributed by atoms with van der Waals surface area (Å²) in [5, 5.41) is 0. The highest BCUT2D eigenvalue weighted by atomic mass is 32.2. The maximum absolute atomic E-state index is 11.3. The van der Waals surface area contributed by atoms with Crippen LogP contribution in [-0.4, -0.2) is 14.7 Å². The highest BCUT2D eigenvalue weighted by Gasteiger charge is 2.08. The average Bonchev–Trinajstić information content (AvgIpc) is 2.29. The summed E-state index contributed by atoms with van der Waals surface area (Å²) in [4.78, 5) is 0. The minimum Gasteiger partial charge on any atom is -0.283 e. The van der Waals surface area contributed by atoms with Crippen molar-refractivity contribution in [3.63, 3.8) is 0 Å². The van der Waals surface area contributed by atoms with Crippen molar-refractivity contribution in [1.29, 1.82) is 0 Å². The van der Waals surface area contributed by atoms with Crippen molar-refractivity contribution in [2.45, 2.75) is 0 Å². The summed E-state index contributed by atoms with van der Waals surface area (Å²) < 4.78 is 25.0. The monoisotopic (exact) mass is 246 g/mol. The topological polar surface area (TPSA) is 46.2 Å². The lowest BCUT2D eigenvalue weighted by molar-refractivity contribution is 0.607. The summed E-state index contributed by atoms with van der Waals surface area (Å²) in [7, 11) is -3.28. The van der Waals surface area contributed by atoms with Gasteiger partial charge in [-0.15, -0.1) is 0 Å². The van der Waals surface area contributed by atoms with Gasteiger partial charge < -0.3 is 0 Å². The number of sulfonamides is 1. The van der Waals surface area contributed by atoms with E-state index < -0.39 is 10.0 Å². The molecular formula is C13H12NO2S. The average molecular weight is 246 g/mol. The van der Waals surface area contributed by atoms with Crippen molar-refractivity contribution >= 4 is 15.7 Å². The molecule has 0 aliphatic heterocycles. The molecule has 0 atom stereocenters. The number of benzene rings is 2. The Hall–Kier alpha value is -1.81. The van der Waals surface area contributed by atoms with Gasteiger partial charge >= 0.3 is 0 Å². The van der Waals surface area contributed by atoms with E-state index >= 15 is 0 Å². The SMILES string of the molecule is CS(=O)(=O)Nc1ccc[c]c1-c1ccccc1. The van der Waals surface area contributed by atoms with Crippen LogP contribution in [0.4, 0.5) is 5.69 Å². The number of anilines is 1. The molecule has 0 spiro atoms. The summed E-state index contributed by atoms with van der Waals surface area (Å²) >= 11 is 0. The third-order valence-corrected chi connectivity index (χ3v) is 2.80. The van der Waals surface area contributed by atoms with Crippen molar-refractivity contribution in [3.05, 3.63) is 54.6 Å². The molecule has 4 heteroatoms. The summed E-state index contributed by atoms with van der Waals surface area (Å²) in [6.07, 6.45) is 1.13. The van der Waals surface area contributed by atoms with E-state index in [1.807, 2.05) is 30.3 Å². The van der Waals surface area contributed by atoms with Crippen LogP contribution in [0.1, 0.15) is 0 Å². The zero-order valence-electron chi connectivity index (χ0n) is 9.34. The van der Waals surface area contributed by atoms with Crippen molar-refractivity contribution < 1.29 is 8.42 Å². The molecule has 3 nitrogen and oxygen atoms in total. The molecule has 0 saturated heterocycles. The molecule has 2 aromatic rings. The van der Waals surface area contributed by atoms with Gasteiger partial charge in [0, 0.05) is 5.56 Å². The Bertz CT molecular complexity index is 606. The molecule has 2 aromatic carbocycles. The predicted octanol–water partition coefficient (Wildman–Crippen LogP) is 2.53. The molecule has 0 unspecified atom stereocenters. The second-order valence-electron chi connectivity index (χ2n) is 3.70. The van der Waals surface area contributed by atoms with Crippen LogP contribution in [0.3, 0.4) is 0 Å². The fraction of sp³-hybridized carbons (Fsp3) is 0.0769. The van der Waals surface area contributed by atoms with Gasteiger partial charge in [-0.05, 0) is 17.7 Å². The second-order valence-corrected chi connectivity index (χ2v) is 5.45. The molecule has 0 amide bonds. The van der Waals surface area contributed by atoms with Gasteiger partial charge in [0.25, 0.3) is 0 Å². The van der Waals surface area contributed by atoms with E-state index in [9.17, 15) is 8.42 Å². The molecule has 17 heavy (non-hydrogen) atoms. The van der Waals surface area contributed by atoms with Crippen LogP contribution in [0.25, 0.3) is 11.1 Å². The van der Waals surface area contributed by atoms with E-state index in [0.29, 0.717) is 5.69 Å². The maximum Gasteiger partial charge on any atom is 0.229 e. The van der Waals surface area contributed by atoms with Crippen molar-refractivity contribution in [1.82, 2.24) is 0 Å². The largest absolute Gasteiger partial charge is 0.283 e. The highest BCUT2D eigenvalue weighted by molar-refractivity contribution is 7.92. The van der Waals surface area contributed by atoms with Gasteiger partial charge in [0.1, 0.15) is 0 Å². The van der Waals surface area contributed by atoms with Gasteiger partial charge in [-0.2, -0.15) is 0 Å². The number of rotatable bonds is 3. The summed E-state index contributed by atoms with van der Waals surface area (Å²) in [5.41, 5.74) is 2.22. The van der Waals surface area contributed by atoms with Crippen molar-refractivity contribution in [3.8, 4) is 11.1 Å². The van der Waals surface area contributed by atoms with Gasteiger partial charge in [-0.1, -0.05) is 42.5 Å². The van der Waals surface area contributed by atoms with Gasteiger partial charge in [-0.25, -0.2) is 8.42 Å². The van der Waals surface area contributed by atoms with E-state index in [-0.39, 0.29) is 0 Å². The molecule has 0 fully saturated rings. The molecule has 87 valence electrons. The van der Waals surface area contributed by atoms with E-state index in [1.165, 1.54) is 0 Å². The molecule has 2 rings (SSSR count). The smallest absolute Gasteiger partial charge is 0.229 e. The molecule has 0 aromatic heterocycles. The zero-order valence-corrected chi connectivity index (χ0v) is 10.2. The van der Waals surface area contributed by atoms with E-state index in [2.05, 4.69) is 10.8 Å². The van der Waals surface area contributed by atoms with Gasteiger partial charge in [0.05, 0.1) is 11.9 Å². The molecule has 0 bridgehead atoms. The van der Waals surface area contributed by atoms with Crippen LogP contribution in [0.5, 0.6) is 0 Å². The third kappa shape index (κ3) is 3.07. The number of hydrogen-bond donors (Lipinski definition) is 1. The molecule has 1 N–H and O–H groups in total. The van der Waals surface area contributed by atoms with Crippen LogP contribution in [0, 0.1) is 6.07 Å². The van der Waals surface area contributed by atoms with Crippen molar-refractivity contribution in [2.75, 3.05) is 11.0 Å². The first kappa shape index (κ1) is 11.7. The van der Waals surface area contributed by atoms with Gasteiger partial charge in [0.2, 0.25) is 10.0 Å². The quantitative estimate of drug-likeness (QED) is 0.904. The predicted molar refractivity (Wildman–Crippen MR) is 69.2 cm³/mol. The van der Waals surface area contributed by atoms with E-state index in [1.54, 1.807) is 18.2 Å². The normalized spacial score (nSPS) is 11.1. The third-order valence-electron chi connectivity index (χ3n) is 2.21. The fourth-order valence-electron chi connectivity index (χ4n) is 1.57. The van der Waals surface area contributed by atoms with Crippen LogP contribution in [-0.2, 0) is 10.0 Å². The first-order chi connectivity index (χ1) is 8.06. The number of hydrogen-bond acceptors (Lipinski definition) is 2. The maximum atomic E-state index is 11.3. The summed E-state index contributed by atoms with van der Waals surface area (Å²) in [5.74, 6) is 0. The van der Waals surface area contributed by atoms with E-state index in [4.69, 9.17) is 0 Å². The van der Waals surface area contributed by atoms with Crippen LogP contribution in [0.2, 0.25) is 0 Å². The minimum absolute atomic E-state index is 0.543. The Morgan fingerprint density at radius 1 is 1.06 bits per heavy atom. The fourth-order valence-corrected chi connectivity index (χ4v) is 2.13. The van der Waals surface area contributed by atoms with Gasteiger partial charge in [0.15, 0.2) is 0 Å². The first-order valence-electron chi connectivity index (χ1n) is 5.10. The Morgan fingerprint density at radius 3 is 2.41 bits per heavy atom. The molecule has 1 radical (unpaired) electrons. The Labute approximate surface area is 101 Å². The Balaban J connectivity index is 2.49. The minimum atomic E-state index is -3.28. The van der Waals surface area contributed by atoms with Crippen LogP contribution >= 0.6 is 0 Å². The van der Waals surface area contributed by atoms with Crippen LogP contribution < -0.4 is 4.72 Å². The lowest BCUT2D eigenvalue weighted by atomic mass is 10.0.